The third-order valence-electron chi connectivity index (χ3n) is 6.15. The number of unbranched alkanes of at least 4 members (excludes halogenated alkanes) is 1. The Balaban J connectivity index is 1.60. The summed E-state index contributed by atoms with van der Waals surface area (Å²) in [6, 6.07) is 37.7. The predicted molar refractivity (Wildman–Crippen MR) is 143 cm³/mol. The molecule has 0 amide bonds. The van der Waals surface area contributed by atoms with Gasteiger partial charge in [-0.15, -0.1) is 0 Å². The summed E-state index contributed by atoms with van der Waals surface area (Å²) in [6.07, 6.45) is 3.31. The van der Waals surface area contributed by atoms with Crippen LogP contribution < -0.4 is 27.4 Å². The molecule has 0 saturated heterocycles. The van der Waals surface area contributed by atoms with E-state index in [0.717, 1.165) is 19.0 Å². The zero-order valence-corrected chi connectivity index (χ0v) is 19.6. The molecule has 0 aliphatic rings. The molecule has 33 heavy (non-hydrogen) atoms. The van der Waals surface area contributed by atoms with Gasteiger partial charge in [0.15, 0.2) is 5.78 Å². The number of carbonyl (C=O) groups excluding carboxylic acids is 1. The molecule has 166 valence electrons. The van der Waals surface area contributed by atoms with Gasteiger partial charge < -0.3 is 11.5 Å². The first kappa shape index (κ1) is 22.8. The summed E-state index contributed by atoms with van der Waals surface area (Å²) < 4.78 is 0. The Kier molecular flexibility index (Phi) is 7.22. The third-order valence-corrected chi connectivity index (χ3v) is 10.7. The maximum atomic E-state index is 12.8. The van der Waals surface area contributed by atoms with Crippen LogP contribution >= 0.6 is 7.26 Å². The molecule has 0 radical (unpaired) electrons. The normalized spacial score (nSPS) is 11.3. The third kappa shape index (κ3) is 4.99. The van der Waals surface area contributed by atoms with E-state index in [4.69, 9.17) is 11.5 Å². The van der Waals surface area contributed by atoms with Gasteiger partial charge in [0.1, 0.15) is 23.2 Å². The van der Waals surface area contributed by atoms with Gasteiger partial charge in [-0.1, -0.05) is 54.6 Å². The quantitative estimate of drug-likeness (QED) is 0.158. The van der Waals surface area contributed by atoms with Gasteiger partial charge >= 0.3 is 0 Å². The average Bonchev–Trinajstić information content (AvgIpc) is 2.87. The minimum absolute atomic E-state index is 0.116. The molecular formula is C29H30N2OP+. The molecule has 4 aromatic rings. The average molecular weight is 454 g/mol. The van der Waals surface area contributed by atoms with Gasteiger partial charge in [0, 0.05) is 12.0 Å². The number of ketones is 1. The fourth-order valence-electron chi connectivity index (χ4n) is 4.41. The van der Waals surface area contributed by atoms with Crippen LogP contribution in [0.1, 0.15) is 29.6 Å². The lowest BCUT2D eigenvalue weighted by atomic mass is 10.0. The highest BCUT2D eigenvalue weighted by Crippen LogP contribution is 2.55. The van der Waals surface area contributed by atoms with Gasteiger partial charge in [-0.2, -0.15) is 0 Å². The first-order valence-corrected chi connectivity index (χ1v) is 13.3. The topological polar surface area (TPSA) is 69.1 Å². The van der Waals surface area contributed by atoms with E-state index in [0.29, 0.717) is 23.4 Å². The van der Waals surface area contributed by atoms with Crippen LogP contribution in [-0.2, 0) is 0 Å². The molecule has 0 bridgehead atoms. The monoisotopic (exact) mass is 453 g/mol. The molecule has 0 aliphatic carbocycles. The largest absolute Gasteiger partial charge is 0.397 e. The number of hydrogen-bond donors (Lipinski definition) is 2. The Morgan fingerprint density at radius 1 is 0.606 bits per heavy atom. The summed E-state index contributed by atoms with van der Waals surface area (Å²) in [5, 5.41) is 4.13. The summed E-state index contributed by atoms with van der Waals surface area (Å²) in [5.74, 6) is 0.116. The number of rotatable bonds is 9. The molecule has 0 fully saturated rings. The van der Waals surface area contributed by atoms with Gasteiger partial charge in [-0.05, 0) is 67.4 Å². The molecule has 3 nitrogen and oxygen atoms in total. The fraction of sp³-hybridized carbons (Fsp3) is 0.138. The van der Waals surface area contributed by atoms with Crippen molar-refractivity contribution in [3.8, 4) is 0 Å². The zero-order valence-electron chi connectivity index (χ0n) is 18.7. The Morgan fingerprint density at radius 3 is 1.55 bits per heavy atom. The second-order valence-electron chi connectivity index (χ2n) is 8.26. The summed E-state index contributed by atoms with van der Waals surface area (Å²) in [7, 11) is -1.85. The van der Waals surface area contributed by atoms with Gasteiger partial charge in [0.25, 0.3) is 0 Å². The molecule has 0 heterocycles. The SMILES string of the molecule is Nc1ccc(C(=O)CCCC[P+](c2ccccc2)(c2ccccc2)c2ccccc2)cc1N. The number of carbonyl (C=O) groups is 1. The number of Topliss-reactive ketones (excluding diaryl/α,β-unsaturated/α-hetero) is 1. The molecule has 0 aliphatic heterocycles. The predicted octanol–water partition coefficient (Wildman–Crippen LogP) is 5.20. The van der Waals surface area contributed by atoms with E-state index in [1.54, 1.807) is 18.2 Å². The van der Waals surface area contributed by atoms with Crippen LogP contribution in [-0.4, -0.2) is 11.9 Å². The molecule has 4 aromatic carbocycles. The van der Waals surface area contributed by atoms with Crippen LogP contribution in [0.25, 0.3) is 0 Å². The summed E-state index contributed by atoms with van der Waals surface area (Å²) in [6.45, 7) is 0. The summed E-state index contributed by atoms with van der Waals surface area (Å²) >= 11 is 0. The minimum atomic E-state index is -1.85. The van der Waals surface area contributed by atoms with Crippen molar-refractivity contribution in [1.29, 1.82) is 0 Å². The zero-order chi connectivity index (χ0) is 23.1. The number of nitrogen functional groups attached to an aromatic ring is 2. The summed E-state index contributed by atoms with van der Waals surface area (Å²) in [5.41, 5.74) is 13.3. The van der Waals surface area contributed by atoms with Crippen LogP contribution in [0.3, 0.4) is 0 Å². The van der Waals surface area contributed by atoms with E-state index in [1.807, 2.05) is 0 Å². The second-order valence-corrected chi connectivity index (χ2v) is 11.9. The van der Waals surface area contributed by atoms with Crippen LogP contribution in [0.15, 0.2) is 109 Å². The number of hydrogen-bond acceptors (Lipinski definition) is 3. The van der Waals surface area contributed by atoms with Crippen molar-refractivity contribution in [2.24, 2.45) is 0 Å². The van der Waals surface area contributed by atoms with Gasteiger partial charge in [0.2, 0.25) is 0 Å². The Labute approximate surface area is 196 Å². The van der Waals surface area contributed by atoms with Crippen molar-refractivity contribution in [2.75, 3.05) is 17.6 Å². The molecule has 0 saturated carbocycles. The summed E-state index contributed by atoms with van der Waals surface area (Å²) in [4.78, 5) is 12.8. The Hall–Kier alpha value is -3.42. The van der Waals surface area contributed by atoms with Crippen LogP contribution in [0.2, 0.25) is 0 Å². The van der Waals surface area contributed by atoms with Crippen molar-refractivity contribution in [3.63, 3.8) is 0 Å². The van der Waals surface area contributed by atoms with Crippen molar-refractivity contribution in [1.82, 2.24) is 0 Å². The fourth-order valence-corrected chi connectivity index (χ4v) is 8.82. The van der Waals surface area contributed by atoms with Crippen LogP contribution in [0, 0.1) is 0 Å². The van der Waals surface area contributed by atoms with Crippen molar-refractivity contribution >= 4 is 40.3 Å². The number of anilines is 2. The first-order valence-electron chi connectivity index (χ1n) is 11.3. The van der Waals surface area contributed by atoms with Gasteiger partial charge in [-0.25, -0.2) is 0 Å². The molecule has 4 rings (SSSR count). The molecule has 0 aromatic heterocycles. The number of benzene rings is 4. The maximum absolute atomic E-state index is 12.8. The molecule has 4 N–H and O–H groups in total. The van der Waals surface area contributed by atoms with Crippen LogP contribution in [0.4, 0.5) is 11.4 Å². The van der Waals surface area contributed by atoms with E-state index < -0.39 is 7.26 Å². The lowest BCUT2D eigenvalue weighted by molar-refractivity contribution is 0.0980. The molecule has 0 unspecified atom stereocenters. The Morgan fingerprint density at radius 2 is 1.09 bits per heavy atom. The molecular weight excluding hydrogens is 423 g/mol. The maximum Gasteiger partial charge on any atom is 0.162 e. The minimum Gasteiger partial charge on any atom is -0.397 e. The van der Waals surface area contributed by atoms with Crippen molar-refractivity contribution in [3.05, 3.63) is 115 Å². The van der Waals surface area contributed by atoms with E-state index in [1.165, 1.54) is 15.9 Å². The van der Waals surface area contributed by atoms with Crippen LogP contribution in [0.5, 0.6) is 0 Å². The lowest BCUT2D eigenvalue weighted by Crippen LogP contribution is -2.33. The van der Waals surface area contributed by atoms with Gasteiger partial charge in [0.05, 0.1) is 17.5 Å². The highest BCUT2D eigenvalue weighted by atomic mass is 31.2. The molecule has 0 atom stereocenters. The van der Waals surface area contributed by atoms with Crippen molar-refractivity contribution in [2.45, 2.75) is 19.3 Å². The number of nitrogens with two attached hydrogens (primary N) is 2. The second kappa shape index (κ2) is 10.5. The standard InChI is InChI=1S/C29H29N2OP/c30-27-20-19-23(22-28(27)31)29(32)18-10-11-21-33(24-12-4-1-5-13-24,25-14-6-2-7-15-25)26-16-8-3-9-17-26/h1-9,12-17,19-20,22H,10-11,18,21,31H2,(H-,30,32)/p+1. The van der Waals surface area contributed by atoms with E-state index >= 15 is 0 Å². The van der Waals surface area contributed by atoms with Crippen molar-refractivity contribution < 1.29 is 4.79 Å². The lowest BCUT2D eigenvalue weighted by Gasteiger charge is -2.27. The Bertz CT molecular complexity index is 1100. The molecule has 4 heteroatoms. The molecule has 0 spiro atoms. The first-order chi connectivity index (χ1) is 16.1. The smallest absolute Gasteiger partial charge is 0.162 e. The van der Waals surface area contributed by atoms with E-state index in [-0.39, 0.29) is 5.78 Å². The van der Waals surface area contributed by atoms with E-state index in [2.05, 4.69) is 91.0 Å². The highest BCUT2D eigenvalue weighted by molar-refractivity contribution is 7.95. The highest BCUT2D eigenvalue weighted by Gasteiger charge is 2.44. The van der Waals surface area contributed by atoms with Gasteiger partial charge in [-0.3, -0.25) is 4.79 Å². The van der Waals surface area contributed by atoms with E-state index in [9.17, 15) is 4.79 Å².